The van der Waals surface area contributed by atoms with E-state index in [1.165, 1.54) is 23.5 Å². The number of hydrogen-bond donors (Lipinski definition) is 1. The second kappa shape index (κ2) is 8.25. The SMILES string of the molecule is Cc1ccc(NC(=O)Cc2csc(=Nc3ccc(Cl)cc3F)n2C)c(Cl)c1. The fraction of sp³-hybridized carbons (Fsp3) is 0.158. The Morgan fingerprint density at radius 1 is 1.26 bits per heavy atom. The summed E-state index contributed by atoms with van der Waals surface area (Å²) >= 11 is 13.2. The van der Waals surface area contributed by atoms with Gasteiger partial charge in [0, 0.05) is 23.1 Å². The molecule has 8 heteroatoms. The topological polar surface area (TPSA) is 46.4 Å². The van der Waals surface area contributed by atoms with E-state index in [1.54, 1.807) is 29.8 Å². The van der Waals surface area contributed by atoms with Crippen LogP contribution < -0.4 is 10.1 Å². The number of nitrogens with zero attached hydrogens (tertiary/aromatic N) is 2. The van der Waals surface area contributed by atoms with E-state index in [0.29, 0.717) is 20.5 Å². The van der Waals surface area contributed by atoms with Gasteiger partial charge in [-0.1, -0.05) is 29.3 Å². The van der Waals surface area contributed by atoms with E-state index in [0.717, 1.165) is 11.3 Å². The Kier molecular flexibility index (Phi) is 5.99. The van der Waals surface area contributed by atoms with Crippen LogP contribution in [0.1, 0.15) is 11.3 Å². The van der Waals surface area contributed by atoms with Crippen molar-refractivity contribution < 1.29 is 9.18 Å². The standard InChI is InChI=1S/C19H16Cl2FN3OS/c1-11-3-5-16(14(21)7-11)23-18(26)9-13-10-27-19(25(13)2)24-17-6-4-12(20)8-15(17)22/h3-8,10H,9H2,1-2H3,(H,23,26). The Labute approximate surface area is 169 Å². The third-order valence-corrected chi connectivity index (χ3v) is 5.40. The van der Waals surface area contributed by atoms with Crippen molar-refractivity contribution in [3.63, 3.8) is 0 Å². The highest BCUT2D eigenvalue weighted by Crippen LogP contribution is 2.23. The number of nitrogens with one attached hydrogen (secondary N) is 1. The maximum atomic E-state index is 13.9. The zero-order valence-corrected chi connectivity index (χ0v) is 16.9. The highest BCUT2D eigenvalue weighted by Gasteiger charge is 2.11. The van der Waals surface area contributed by atoms with E-state index in [1.807, 2.05) is 18.4 Å². The molecule has 4 nitrogen and oxygen atoms in total. The van der Waals surface area contributed by atoms with Gasteiger partial charge in [-0.2, -0.15) is 0 Å². The van der Waals surface area contributed by atoms with Gasteiger partial charge in [0.1, 0.15) is 11.5 Å². The molecule has 3 rings (SSSR count). The summed E-state index contributed by atoms with van der Waals surface area (Å²) in [7, 11) is 1.78. The number of amides is 1. The third-order valence-electron chi connectivity index (χ3n) is 3.88. The Morgan fingerprint density at radius 3 is 2.74 bits per heavy atom. The van der Waals surface area contributed by atoms with E-state index in [-0.39, 0.29) is 18.0 Å². The molecular weight excluding hydrogens is 408 g/mol. The summed E-state index contributed by atoms with van der Waals surface area (Å²) in [5, 5.41) is 5.43. The van der Waals surface area contributed by atoms with E-state index in [2.05, 4.69) is 10.3 Å². The Hall–Kier alpha value is -2.15. The molecule has 1 N–H and O–H groups in total. The highest BCUT2D eigenvalue weighted by molar-refractivity contribution is 7.07. The van der Waals surface area contributed by atoms with Crippen molar-refractivity contribution in [2.45, 2.75) is 13.3 Å². The molecule has 0 fully saturated rings. The van der Waals surface area contributed by atoms with Crippen LogP contribution in [0.2, 0.25) is 10.0 Å². The number of anilines is 1. The molecule has 1 heterocycles. The van der Waals surface area contributed by atoms with Crippen molar-refractivity contribution in [1.29, 1.82) is 0 Å². The zero-order chi connectivity index (χ0) is 19.6. The van der Waals surface area contributed by atoms with Gasteiger partial charge in [0.15, 0.2) is 4.80 Å². The Bertz CT molecular complexity index is 1080. The Morgan fingerprint density at radius 2 is 2.04 bits per heavy atom. The summed E-state index contributed by atoms with van der Waals surface area (Å²) in [5.41, 5.74) is 2.54. The van der Waals surface area contributed by atoms with Crippen molar-refractivity contribution in [1.82, 2.24) is 4.57 Å². The first-order valence-electron chi connectivity index (χ1n) is 8.02. The highest BCUT2D eigenvalue weighted by atomic mass is 35.5. The Balaban J connectivity index is 1.79. The number of carbonyl (C=O) groups is 1. The van der Waals surface area contributed by atoms with Crippen molar-refractivity contribution in [2.24, 2.45) is 12.0 Å². The van der Waals surface area contributed by atoms with Crippen LogP contribution >= 0.6 is 34.5 Å². The molecule has 27 heavy (non-hydrogen) atoms. The average Bonchev–Trinajstić information content (AvgIpc) is 2.93. The molecule has 0 unspecified atom stereocenters. The fourth-order valence-electron chi connectivity index (χ4n) is 2.42. The first kappa shape index (κ1) is 19.6. The number of aryl methyl sites for hydroxylation is 1. The normalized spacial score (nSPS) is 11.7. The quantitative estimate of drug-likeness (QED) is 0.611. The second-order valence-electron chi connectivity index (χ2n) is 5.98. The molecule has 1 aromatic heterocycles. The second-order valence-corrected chi connectivity index (χ2v) is 7.66. The zero-order valence-electron chi connectivity index (χ0n) is 14.6. The van der Waals surface area contributed by atoms with Crippen molar-refractivity contribution >= 4 is 51.8 Å². The van der Waals surface area contributed by atoms with Gasteiger partial charge < -0.3 is 9.88 Å². The van der Waals surface area contributed by atoms with E-state index in [9.17, 15) is 9.18 Å². The first-order valence-corrected chi connectivity index (χ1v) is 9.66. The van der Waals surface area contributed by atoms with Crippen LogP contribution in [0.3, 0.4) is 0 Å². The molecule has 0 radical (unpaired) electrons. The van der Waals surface area contributed by atoms with Crippen LogP contribution in [0, 0.1) is 12.7 Å². The largest absolute Gasteiger partial charge is 0.324 e. The molecule has 0 bridgehead atoms. The molecular formula is C19H16Cl2FN3OS. The molecule has 0 spiro atoms. The summed E-state index contributed by atoms with van der Waals surface area (Å²) in [5.74, 6) is -0.692. The van der Waals surface area contributed by atoms with Crippen molar-refractivity contribution in [3.05, 3.63) is 73.7 Å². The summed E-state index contributed by atoms with van der Waals surface area (Å²) in [4.78, 5) is 17.2. The average molecular weight is 424 g/mol. The molecule has 0 aliphatic rings. The molecule has 0 saturated carbocycles. The maximum absolute atomic E-state index is 13.9. The lowest BCUT2D eigenvalue weighted by molar-refractivity contribution is -0.115. The van der Waals surface area contributed by atoms with Gasteiger partial charge >= 0.3 is 0 Å². The minimum atomic E-state index is -0.496. The van der Waals surface area contributed by atoms with Crippen molar-refractivity contribution in [2.75, 3.05) is 5.32 Å². The minimum absolute atomic E-state index is 0.149. The number of rotatable bonds is 4. The monoisotopic (exact) mass is 423 g/mol. The van der Waals surface area contributed by atoms with Crippen LogP contribution in [-0.2, 0) is 18.3 Å². The number of thiazole rings is 1. The fourth-order valence-corrected chi connectivity index (χ4v) is 3.77. The molecule has 0 atom stereocenters. The van der Waals surface area contributed by atoms with Gasteiger partial charge in [-0.05, 0) is 42.8 Å². The number of carbonyl (C=O) groups excluding carboxylic acids is 1. The van der Waals surface area contributed by atoms with Gasteiger partial charge in [0.05, 0.1) is 17.1 Å². The lowest BCUT2D eigenvalue weighted by Crippen LogP contribution is -2.19. The molecule has 0 aliphatic heterocycles. The lowest BCUT2D eigenvalue weighted by Gasteiger charge is -2.08. The van der Waals surface area contributed by atoms with E-state index in [4.69, 9.17) is 23.2 Å². The minimum Gasteiger partial charge on any atom is -0.324 e. The van der Waals surface area contributed by atoms with Crippen LogP contribution in [0.15, 0.2) is 46.8 Å². The predicted molar refractivity (Wildman–Crippen MR) is 108 cm³/mol. The summed E-state index contributed by atoms with van der Waals surface area (Å²) in [6.45, 7) is 1.93. The number of aromatic nitrogens is 1. The molecule has 3 aromatic rings. The number of hydrogen-bond acceptors (Lipinski definition) is 3. The third kappa shape index (κ3) is 4.77. The molecule has 1 amide bonds. The summed E-state index contributed by atoms with van der Waals surface area (Å²) in [6, 6.07) is 9.75. The molecule has 2 aromatic carbocycles. The van der Waals surface area contributed by atoms with E-state index < -0.39 is 5.82 Å². The lowest BCUT2D eigenvalue weighted by atomic mass is 10.2. The van der Waals surface area contributed by atoms with Crippen LogP contribution in [0.4, 0.5) is 15.8 Å². The number of halogens is 3. The van der Waals surface area contributed by atoms with Crippen molar-refractivity contribution in [3.8, 4) is 0 Å². The van der Waals surface area contributed by atoms with Gasteiger partial charge in [0.2, 0.25) is 5.91 Å². The van der Waals surface area contributed by atoms with Gasteiger partial charge in [-0.15, -0.1) is 11.3 Å². The maximum Gasteiger partial charge on any atom is 0.230 e. The summed E-state index contributed by atoms with van der Waals surface area (Å²) < 4.78 is 15.7. The van der Waals surface area contributed by atoms with Gasteiger partial charge in [0.25, 0.3) is 0 Å². The van der Waals surface area contributed by atoms with Crippen LogP contribution in [-0.4, -0.2) is 10.5 Å². The summed E-state index contributed by atoms with van der Waals surface area (Å²) in [6.07, 6.45) is 0.149. The van der Waals surface area contributed by atoms with Crippen LogP contribution in [0.25, 0.3) is 0 Å². The smallest absolute Gasteiger partial charge is 0.230 e. The van der Waals surface area contributed by atoms with Gasteiger partial charge in [-0.25, -0.2) is 9.38 Å². The first-order chi connectivity index (χ1) is 12.8. The molecule has 140 valence electrons. The van der Waals surface area contributed by atoms with E-state index >= 15 is 0 Å². The van der Waals surface area contributed by atoms with Crippen LogP contribution in [0.5, 0.6) is 0 Å². The van der Waals surface area contributed by atoms with Gasteiger partial charge in [-0.3, -0.25) is 4.79 Å². The molecule has 0 aliphatic carbocycles. The molecule has 0 saturated heterocycles. The predicted octanol–water partition coefficient (Wildman–Crippen LogP) is 5.25. The number of benzene rings is 2.